The molecule has 1 fully saturated rings. The van der Waals surface area contributed by atoms with E-state index in [1.54, 1.807) is 6.07 Å². The lowest BCUT2D eigenvalue weighted by Crippen LogP contribution is -2.43. The number of aliphatic hydroxyl groups excluding tert-OH is 1. The zero-order chi connectivity index (χ0) is 15.4. The summed E-state index contributed by atoms with van der Waals surface area (Å²) in [6.45, 7) is 3.87. The second kappa shape index (κ2) is 6.72. The lowest BCUT2D eigenvalue weighted by Gasteiger charge is -2.17. The van der Waals surface area contributed by atoms with Gasteiger partial charge in [0.2, 0.25) is 0 Å². The molecular weight excluding hydrogens is 268 g/mol. The van der Waals surface area contributed by atoms with Crippen LogP contribution < -0.4 is 10.6 Å². The molecule has 0 radical (unpaired) electrons. The minimum absolute atomic E-state index is 0.0139. The molecule has 1 saturated carbocycles. The van der Waals surface area contributed by atoms with Gasteiger partial charge in [-0.15, -0.1) is 0 Å². The van der Waals surface area contributed by atoms with Gasteiger partial charge in [0.1, 0.15) is 0 Å². The van der Waals surface area contributed by atoms with Crippen molar-refractivity contribution in [3.8, 4) is 0 Å². The fourth-order valence-electron chi connectivity index (χ4n) is 2.36. The van der Waals surface area contributed by atoms with Crippen molar-refractivity contribution in [2.24, 2.45) is 5.92 Å². The number of carbonyl (C=O) groups is 2. The third kappa shape index (κ3) is 4.04. The maximum Gasteiger partial charge on any atom is 0.313 e. The number of aryl methyl sites for hydroxylation is 1. The summed E-state index contributed by atoms with van der Waals surface area (Å²) in [4.78, 5) is 23.9. The summed E-state index contributed by atoms with van der Waals surface area (Å²) in [5, 5.41) is 14.4. The summed E-state index contributed by atoms with van der Waals surface area (Å²) in [5.41, 5.74) is 2.66. The summed E-state index contributed by atoms with van der Waals surface area (Å²) in [5.74, 6) is -0.900. The Kier molecular flexibility index (Phi) is 4.96. The van der Waals surface area contributed by atoms with Gasteiger partial charge in [-0.25, -0.2) is 0 Å². The van der Waals surface area contributed by atoms with Crippen LogP contribution in [-0.2, 0) is 9.59 Å². The molecule has 0 aliphatic heterocycles. The van der Waals surface area contributed by atoms with Gasteiger partial charge >= 0.3 is 11.8 Å². The summed E-state index contributed by atoms with van der Waals surface area (Å²) in [6, 6.07) is 5.47. The third-order valence-electron chi connectivity index (χ3n) is 4.01. The molecule has 3 N–H and O–H groups in total. The number of hydrogen-bond acceptors (Lipinski definition) is 3. The van der Waals surface area contributed by atoms with Crippen molar-refractivity contribution in [1.29, 1.82) is 0 Å². The molecule has 0 saturated heterocycles. The number of carbonyl (C=O) groups excluding carboxylic acids is 2. The standard InChI is InChI=1S/C16H22N2O3/c1-10-4-3-5-13(11(10)2)17-15(20)16(21)18-14(8-9-19)12-6-7-12/h3-5,12,14,19H,6-9H2,1-2H3,(H,17,20)(H,18,21). The number of anilines is 1. The molecule has 1 aliphatic carbocycles. The van der Waals surface area contributed by atoms with E-state index in [9.17, 15) is 9.59 Å². The van der Waals surface area contributed by atoms with Gasteiger partial charge in [-0.05, 0) is 56.2 Å². The molecule has 1 unspecified atom stereocenters. The Morgan fingerprint density at radius 3 is 2.62 bits per heavy atom. The van der Waals surface area contributed by atoms with Crippen molar-refractivity contribution in [2.75, 3.05) is 11.9 Å². The van der Waals surface area contributed by atoms with E-state index in [0.29, 0.717) is 18.0 Å². The van der Waals surface area contributed by atoms with E-state index < -0.39 is 11.8 Å². The van der Waals surface area contributed by atoms with Crippen LogP contribution in [0.3, 0.4) is 0 Å². The molecule has 5 nitrogen and oxygen atoms in total. The lowest BCUT2D eigenvalue weighted by atomic mass is 10.1. The Hall–Kier alpha value is -1.88. The first-order valence-electron chi connectivity index (χ1n) is 7.32. The van der Waals surface area contributed by atoms with Gasteiger partial charge in [-0.1, -0.05) is 12.1 Å². The smallest absolute Gasteiger partial charge is 0.313 e. The van der Waals surface area contributed by atoms with Gasteiger partial charge < -0.3 is 15.7 Å². The molecule has 21 heavy (non-hydrogen) atoms. The minimum atomic E-state index is -0.660. The second-order valence-electron chi connectivity index (χ2n) is 5.63. The van der Waals surface area contributed by atoms with Gasteiger partial charge in [-0.3, -0.25) is 9.59 Å². The predicted molar refractivity (Wildman–Crippen MR) is 80.9 cm³/mol. The lowest BCUT2D eigenvalue weighted by molar-refractivity contribution is -0.136. The quantitative estimate of drug-likeness (QED) is 0.719. The summed E-state index contributed by atoms with van der Waals surface area (Å²) in [6.07, 6.45) is 2.58. The topological polar surface area (TPSA) is 78.4 Å². The van der Waals surface area contributed by atoms with Crippen molar-refractivity contribution in [3.63, 3.8) is 0 Å². The highest BCUT2D eigenvalue weighted by molar-refractivity contribution is 6.39. The highest BCUT2D eigenvalue weighted by atomic mass is 16.3. The molecule has 114 valence electrons. The van der Waals surface area contributed by atoms with Crippen LogP contribution in [0.4, 0.5) is 5.69 Å². The summed E-state index contributed by atoms with van der Waals surface area (Å²) in [7, 11) is 0. The van der Waals surface area contributed by atoms with E-state index in [0.717, 1.165) is 24.0 Å². The van der Waals surface area contributed by atoms with Crippen LogP contribution in [-0.4, -0.2) is 29.6 Å². The number of amides is 2. The highest BCUT2D eigenvalue weighted by Gasteiger charge is 2.33. The number of rotatable bonds is 5. The fraction of sp³-hybridized carbons (Fsp3) is 0.500. The first-order valence-corrected chi connectivity index (χ1v) is 7.32. The van der Waals surface area contributed by atoms with Gasteiger partial charge in [-0.2, -0.15) is 0 Å². The maximum atomic E-state index is 12.0. The SMILES string of the molecule is Cc1cccc(NC(=O)C(=O)NC(CCO)C2CC2)c1C. The van der Waals surface area contributed by atoms with Crippen LogP contribution in [0.1, 0.15) is 30.4 Å². The average Bonchev–Trinajstić information content (AvgIpc) is 3.27. The predicted octanol–water partition coefficient (Wildman–Crippen LogP) is 1.52. The Labute approximate surface area is 124 Å². The van der Waals surface area contributed by atoms with E-state index in [-0.39, 0.29) is 12.6 Å². The molecule has 0 heterocycles. The van der Waals surface area contributed by atoms with Gasteiger partial charge in [0, 0.05) is 18.3 Å². The normalized spacial score (nSPS) is 15.4. The minimum Gasteiger partial charge on any atom is -0.396 e. The number of nitrogens with one attached hydrogen (secondary N) is 2. The zero-order valence-corrected chi connectivity index (χ0v) is 12.5. The summed E-state index contributed by atoms with van der Waals surface area (Å²) >= 11 is 0. The van der Waals surface area contributed by atoms with Crippen molar-refractivity contribution >= 4 is 17.5 Å². The number of aliphatic hydroxyl groups is 1. The van der Waals surface area contributed by atoms with Crippen LogP contribution in [0.2, 0.25) is 0 Å². The maximum absolute atomic E-state index is 12.0. The first kappa shape index (κ1) is 15.5. The van der Waals surface area contributed by atoms with E-state index in [4.69, 9.17) is 5.11 Å². The molecule has 2 amide bonds. The summed E-state index contributed by atoms with van der Waals surface area (Å²) < 4.78 is 0. The van der Waals surface area contributed by atoms with Crippen molar-refractivity contribution in [3.05, 3.63) is 29.3 Å². The molecule has 0 aromatic heterocycles. The van der Waals surface area contributed by atoms with Crippen LogP contribution in [0.15, 0.2) is 18.2 Å². The second-order valence-corrected chi connectivity index (χ2v) is 5.63. The third-order valence-corrected chi connectivity index (χ3v) is 4.01. The Bertz CT molecular complexity index is 538. The van der Waals surface area contributed by atoms with Crippen molar-refractivity contribution < 1.29 is 14.7 Å². The molecule has 1 atom stereocenters. The first-order chi connectivity index (χ1) is 10.0. The molecule has 1 aromatic carbocycles. The molecular formula is C16H22N2O3. The molecule has 0 bridgehead atoms. The van der Waals surface area contributed by atoms with E-state index >= 15 is 0 Å². The van der Waals surface area contributed by atoms with Crippen LogP contribution >= 0.6 is 0 Å². The molecule has 1 aromatic rings. The van der Waals surface area contributed by atoms with Crippen molar-refractivity contribution in [2.45, 2.75) is 39.2 Å². The average molecular weight is 290 g/mol. The Morgan fingerprint density at radius 1 is 1.29 bits per heavy atom. The highest BCUT2D eigenvalue weighted by Crippen LogP contribution is 2.33. The van der Waals surface area contributed by atoms with Crippen LogP contribution in [0, 0.1) is 19.8 Å². The molecule has 5 heteroatoms. The number of hydrogen-bond donors (Lipinski definition) is 3. The Morgan fingerprint density at radius 2 is 2.00 bits per heavy atom. The molecule has 1 aliphatic rings. The van der Waals surface area contributed by atoms with Crippen molar-refractivity contribution in [1.82, 2.24) is 5.32 Å². The van der Waals surface area contributed by atoms with Gasteiger partial charge in [0.15, 0.2) is 0 Å². The molecule has 0 spiro atoms. The largest absolute Gasteiger partial charge is 0.396 e. The van der Waals surface area contributed by atoms with Gasteiger partial charge in [0.25, 0.3) is 0 Å². The van der Waals surface area contributed by atoms with E-state index in [1.807, 2.05) is 26.0 Å². The molecule has 2 rings (SSSR count). The van der Waals surface area contributed by atoms with E-state index in [1.165, 1.54) is 0 Å². The van der Waals surface area contributed by atoms with Crippen LogP contribution in [0.25, 0.3) is 0 Å². The zero-order valence-electron chi connectivity index (χ0n) is 12.5. The fourth-order valence-corrected chi connectivity index (χ4v) is 2.36. The van der Waals surface area contributed by atoms with Crippen LogP contribution in [0.5, 0.6) is 0 Å². The van der Waals surface area contributed by atoms with Gasteiger partial charge in [0.05, 0.1) is 0 Å². The number of benzene rings is 1. The monoisotopic (exact) mass is 290 g/mol. The van der Waals surface area contributed by atoms with E-state index in [2.05, 4.69) is 10.6 Å². The Balaban J connectivity index is 1.95.